The summed E-state index contributed by atoms with van der Waals surface area (Å²) in [6.07, 6.45) is 3.90. The van der Waals surface area contributed by atoms with Crippen molar-refractivity contribution < 1.29 is 9.53 Å². The highest BCUT2D eigenvalue weighted by molar-refractivity contribution is 6.00. The Morgan fingerprint density at radius 1 is 1.38 bits per heavy atom. The van der Waals surface area contributed by atoms with Gasteiger partial charge in [-0.05, 0) is 18.8 Å². The number of hydrogen-bond donors (Lipinski definition) is 0. The van der Waals surface area contributed by atoms with Crippen molar-refractivity contribution in [3.63, 3.8) is 0 Å². The van der Waals surface area contributed by atoms with E-state index in [9.17, 15) is 10.1 Å². The number of hydrogen-bond acceptors (Lipinski definition) is 5. The van der Waals surface area contributed by atoms with Gasteiger partial charge in [-0.25, -0.2) is 4.98 Å². The summed E-state index contributed by atoms with van der Waals surface area (Å²) in [4.78, 5) is 21.6. The van der Waals surface area contributed by atoms with E-state index < -0.39 is 5.41 Å². The molecule has 2 unspecified atom stereocenters. The van der Waals surface area contributed by atoms with Crippen molar-refractivity contribution in [1.29, 1.82) is 5.26 Å². The van der Waals surface area contributed by atoms with Crippen LogP contribution in [-0.2, 0) is 22.0 Å². The molecular formula is C19H23N3O2. The first-order valence-electron chi connectivity index (χ1n) is 8.32. The third-order valence-electron chi connectivity index (χ3n) is 5.23. The Hall–Kier alpha value is -2.22. The number of rotatable bonds is 1. The molecule has 5 heteroatoms. The van der Waals surface area contributed by atoms with Gasteiger partial charge in [0.1, 0.15) is 11.9 Å². The first-order chi connectivity index (χ1) is 11.2. The Balaban J connectivity index is 2.28. The summed E-state index contributed by atoms with van der Waals surface area (Å²) in [6, 6.07) is 2.05. The summed E-state index contributed by atoms with van der Waals surface area (Å²) in [5, 5.41) is 9.30. The Morgan fingerprint density at radius 2 is 2.08 bits per heavy atom. The van der Waals surface area contributed by atoms with Gasteiger partial charge in [-0.15, -0.1) is 0 Å². The average molecular weight is 325 g/mol. The summed E-state index contributed by atoms with van der Waals surface area (Å²) < 4.78 is 5.54. The van der Waals surface area contributed by atoms with Gasteiger partial charge in [-0.2, -0.15) is 10.2 Å². The molecule has 0 saturated heterocycles. The Labute approximate surface area is 142 Å². The molecule has 0 bridgehead atoms. The van der Waals surface area contributed by atoms with Crippen molar-refractivity contribution in [2.75, 3.05) is 7.11 Å². The molecule has 5 nitrogen and oxygen atoms in total. The van der Waals surface area contributed by atoms with Gasteiger partial charge in [-0.1, -0.05) is 33.8 Å². The number of fused-ring (bicyclic) bond motifs is 3. The highest BCUT2D eigenvalue weighted by Crippen LogP contribution is 2.48. The van der Waals surface area contributed by atoms with Crippen LogP contribution in [-0.4, -0.2) is 22.9 Å². The second-order valence-electron chi connectivity index (χ2n) is 7.95. The highest BCUT2D eigenvalue weighted by atomic mass is 16.5. The molecule has 0 amide bonds. The van der Waals surface area contributed by atoms with Crippen LogP contribution in [0.1, 0.15) is 57.6 Å². The van der Waals surface area contributed by atoms with Gasteiger partial charge in [0.2, 0.25) is 5.88 Å². The van der Waals surface area contributed by atoms with Crippen LogP contribution in [0.3, 0.4) is 0 Å². The third-order valence-corrected chi connectivity index (χ3v) is 5.23. The zero-order chi connectivity index (χ0) is 17.7. The summed E-state index contributed by atoms with van der Waals surface area (Å²) in [5.41, 5.74) is 1.53. The zero-order valence-electron chi connectivity index (χ0n) is 14.9. The number of nitrogens with zero attached hydrogens (tertiary/aromatic N) is 3. The van der Waals surface area contributed by atoms with Crippen molar-refractivity contribution in [2.24, 2.45) is 5.92 Å². The molecule has 1 aromatic rings. The van der Waals surface area contributed by atoms with Crippen LogP contribution in [0, 0.1) is 17.2 Å². The third kappa shape index (κ3) is 2.41. The van der Waals surface area contributed by atoms with Gasteiger partial charge in [-0.3, -0.25) is 4.79 Å². The highest BCUT2D eigenvalue weighted by Gasteiger charge is 2.46. The van der Waals surface area contributed by atoms with Crippen molar-refractivity contribution in [3.8, 4) is 11.9 Å². The second-order valence-corrected chi connectivity index (χ2v) is 7.95. The molecule has 126 valence electrons. The molecule has 0 saturated carbocycles. The summed E-state index contributed by atoms with van der Waals surface area (Å²) in [7, 11) is 1.63. The van der Waals surface area contributed by atoms with Crippen LogP contribution >= 0.6 is 0 Å². The zero-order valence-corrected chi connectivity index (χ0v) is 14.9. The number of carbonyl (C=O) groups excluding carboxylic acids is 1. The largest absolute Gasteiger partial charge is 0.481 e. The normalized spacial score (nSPS) is 26.1. The Morgan fingerprint density at radius 3 is 2.67 bits per heavy atom. The molecule has 0 aliphatic heterocycles. The molecule has 1 heterocycles. The minimum atomic E-state index is -0.428. The van der Waals surface area contributed by atoms with Crippen LogP contribution in [0.4, 0.5) is 0 Å². The molecule has 24 heavy (non-hydrogen) atoms. The number of nitriles is 1. The lowest BCUT2D eigenvalue weighted by Crippen LogP contribution is -2.42. The maximum Gasteiger partial charge on any atom is 0.219 e. The molecule has 1 aromatic heterocycles. The molecule has 2 aliphatic rings. The second kappa shape index (κ2) is 5.41. The van der Waals surface area contributed by atoms with Crippen LogP contribution < -0.4 is 4.74 Å². The Kier molecular flexibility index (Phi) is 3.75. The number of allylic oxidation sites excluding steroid dienone is 2. The van der Waals surface area contributed by atoms with E-state index in [1.165, 1.54) is 0 Å². The maximum atomic E-state index is 12.1. The van der Waals surface area contributed by atoms with Crippen molar-refractivity contribution in [2.45, 2.75) is 57.8 Å². The standard InChI is InChI=1S/C19H23N3O2/c1-18(2,3)17-21-15-13(16(22-17)24-5)7-6-12-8-14(23)11(10-20)9-19(12,15)4/h9,12H,6-8H2,1-5H3. The first-order valence-corrected chi connectivity index (χ1v) is 8.32. The molecule has 0 aromatic carbocycles. The number of methoxy groups -OCH3 is 1. The molecular weight excluding hydrogens is 302 g/mol. The number of ether oxygens (including phenoxy) is 1. The van der Waals surface area contributed by atoms with E-state index in [4.69, 9.17) is 9.72 Å². The van der Waals surface area contributed by atoms with E-state index in [0.717, 1.165) is 29.9 Å². The fraction of sp³-hybridized carbons (Fsp3) is 0.579. The van der Waals surface area contributed by atoms with Crippen molar-refractivity contribution >= 4 is 5.78 Å². The quantitative estimate of drug-likeness (QED) is 0.793. The number of ketones is 1. The van der Waals surface area contributed by atoms with Gasteiger partial charge < -0.3 is 4.74 Å². The number of aromatic nitrogens is 2. The van der Waals surface area contributed by atoms with E-state index in [1.807, 2.05) is 6.08 Å². The van der Waals surface area contributed by atoms with Crippen LogP contribution in [0.5, 0.6) is 5.88 Å². The summed E-state index contributed by atoms with van der Waals surface area (Å²) in [6.45, 7) is 8.28. The molecule has 0 radical (unpaired) electrons. The molecule has 3 rings (SSSR count). The number of carbonyl (C=O) groups is 1. The smallest absolute Gasteiger partial charge is 0.219 e. The van der Waals surface area contributed by atoms with Gasteiger partial charge >= 0.3 is 0 Å². The van der Waals surface area contributed by atoms with E-state index in [2.05, 4.69) is 38.7 Å². The van der Waals surface area contributed by atoms with Gasteiger partial charge in [0.15, 0.2) is 5.78 Å². The lowest BCUT2D eigenvalue weighted by atomic mass is 9.61. The molecule has 0 spiro atoms. The average Bonchev–Trinajstić information content (AvgIpc) is 2.53. The minimum absolute atomic E-state index is 0.0551. The van der Waals surface area contributed by atoms with E-state index >= 15 is 0 Å². The van der Waals surface area contributed by atoms with Crippen molar-refractivity contribution in [3.05, 3.63) is 28.7 Å². The Bertz CT molecular complexity index is 783. The number of Topliss-reactive ketones (excluding diaryl/α,β-unsaturated/α-hetero) is 1. The van der Waals surface area contributed by atoms with Crippen LogP contribution in [0.25, 0.3) is 0 Å². The monoisotopic (exact) mass is 325 g/mol. The fourth-order valence-electron chi connectivity index (χ4n) is 3.76. The SMILES string of the molecule is COc1nc(C(C)(C)C)nc2c1CCC1CC(=O)C(C#N)=CC21C. The molecule has 2 atom stereocenters. The van der Waals surface area contributed by atoms with Gasteiger partial charge in [0, 0.05) is 22.8 Å². The van der Waals surface area contributed by atoms with E-state index in [0.29, 0.717) is 12.3 Å². The van der Waals surface area contributed by atoms with Crippen molar-refractivity contribution in [1.82, 2.24) is 9.97 Å². The predicted octanol–water partition coefficient (Wildman–Crippen LogP) is 3.03. The first kappa shape index (κ1) is 16.6. The fourth-order valence-corrected chi connectivity index (χ4v) is 3.76. The lowest BCUT2D eigenvalue weighted by molar-refractivity contribution is -0.117. The topological polar surface area (TPSA) is 75.9 Å². The maximum absolute atomic E-state index is 12.1. The summed E-state index contributed by atoms with van der Waals surface area (Å²) in [5.74, 6) is 1.46. The predicted molar refractivity (Wildman–Crippen MR) is 89.8 cm³/mol. The lowest BCUT2D eigenvalue weighted by Gasteiger charge is -2.42. The van der Waals surface area contributed by atoms with E-state index in [1.54, 1.807) is 7.11 Å². The summed E-state index contributed by atoms with van der Waals surface area (Å²) >= 11 is 0. The molecule has 2 aliphatic carbocycles. The molecule has 0 N–H and O–H groups in total. The van der Waals surface area contributed by atoms with E-state index in [-0.39, 0.29) is 22.7 Å². The van der Waals surface area contributed by atoms with Gasteiger partial charge in [0.05, 0.1) is 18.4 Å². The van der Waals surface area contributed by atoms with Crippen LogP contribution in [0.15, 0.2) is 11.6 Å². The molecule has 0 fully saturated rings. The van der Waals surface area contributed by atoms with Crippen LogP contribution in [0.2, 0.25) is 0 Å². The minimum Gasteiger partial charge on any atom is -0.481 e. The van der Waals surface area contributed by atoms with Gasteiger partial charge in [0.25, 0.3) is 0 Å².